The minimum absolute atomic E-state index is 0.289. The third-order valence-electron chi connectivity index (χ3n) is 3.95. The van der Waals surface area contributed by atoms with Gasteiger partial charge in [-0.15, -0.1) is 23.0 Å². The predicted molar refractivity (Wildman–Crippen MR) is 85.7 cm³/mol. The minimum atomic E-state index is 0.289. The number of aromatic nitrogens is 4. The lowest BCUT2D eigenvalue weighted by molar-refractivity contribution is 0.112. The molecule has 0 bridgehead atoms. The van der Waals surface area contributed by atoms with Crippen molar-refractivity contribution in [3.05, 3.63) is 40.1 Å². The summed E-state index contributed by atoms with van der Waals surface area (Å²) in [6, 6.07) is 0. The molecule has 0 aromatic carbocycles. The minimum Gasteiger partial charge on any atom is -0.377 e. The molecule has 0 amide bonds. The summed E-state index contributed by atoms with van der Waals surface area (Å²) < 4.78 is 7.57. The third-order valence-corrected chi connectivity index (χ3v) is 4.87. The molecule has 0 saturated carbocycles. The summed E-state index contributed by atoms with van der Waals surface area (Å²) in [6.45, 7) is 9.69. The molecule has 0 radical (unpaired) electrons. The average Bonchev–Trinajstić information content (AvgIpc) is 3.06. The van der Waals surface area contributed by atoms with Gasteiger partial charge in [-0.2, -0.15) is 0 Å². The van der Waals surface area contributed by atoms with Crippen molar-refractivity contribution in [1.29, 1.82) is 0 Å². The number of nitrogens with zero attached hydrogens (tertiary/aromatic N) is 5. The topological polar surface area (TPSA) is 56.1 Å². The zero-order valence-electron chi connectivity index (χ0n) is 13.0. The molecule has 0 fully saturated rings. The Morgan fingerprint density at radius 2 is 2.41 bits per heavy atom. The number of fused-ring (bicyclic) bond motifs is 1. The molecule has 0 aliphatic carbocycles. The standard InChI is InChI=1S/C15H21N5OS/c1-4-5-21-9-12-6-20(8-14-11(2)16-10-22-14)7-13-15(12)19(3)18-17-13/h4,10,12H,1,5-9H2,2-3H3/t12-/m1/s1. The van der Waals surface area contributed by atoms with Crippen LogP contribution in [0, 0.1) is 6.92 Å². The highest BCUT2D eigenvalue weighted by Crippen LogP contribution is 2.28. The molecule has 118 valence electrons. The molecule has 1 aliphatic heterocycles. The molecule has 0 spiro atoms. The Hall–Kier alpha value is -1.57. The van der Waals surface area contributed by atoms with Crippen LogP contribution in [-0.2, 0) is 24.9 Å². The lowest BCUT2D eigenvalue weighted by atomic mass is 9.99. The Labute approximate surface area is 134 Å². The summed E-state index contributed by atoms with van der Waals surface area (Å²) in [7, 11) is 1.95. The van der Waals surface area contributed by atoms with E-state index in [9.17, 15) is 0 Å². The van der Waals surface area contributed by atoms with Crippen molar-refractivity contribution >= 4 is 11.3 Å². The maximum absolute atomic E-state index is 5.69. The van der Waals surface area contributed by atoms with Gasteiger partial charge in [0.2, 0.25) is 0 Å². The van der Waals surface area contributed by atoms with Crippen molar-refractivity contribution in [2.24, 2.45) is 7.05 Å². The van der Waals surface area contributed by atoms with Gasteiger partial charge in [0, 0.05) is 37.5 Å². The highest BCUT2D eigenvalue weighted by Gasteiger charge is 2.30. The first-order chi connectivity index (χ1) is 10.7. The van der Waals surface area contributed by atoms with Gasteiger partial charge in [-0.25, -0.2) is 4.98 Å². The summed E-state index contributed by atoms with van der Waals surface area (Å²) >= 11 is 1.71. The van der Waals surface area contributed by atoms with Gasteiger partial charge >= 0.3 is 0 Å². The van der Waals surface area contributed by atoms with Crippen molar-refractivity contribution in [3.63, 3.8) is 0 Å². The molecule has 0 saturated heterocycles. The van der Waals surface area contributed by atoms with Gasteiger partial charge in [0.15, 0.2) is 0 Å². The number of ether oxygens (including phenoxy) is 1. The molecule has 6 nitrogen and oxygen atoms in total. The third kappa shape index (κ3) is 3.11. The quantitative estimate of drug-likeness (QED) is 0.601. The predicted octanol–water partition coefficient (Wildman–Crippen LogP) is 1.88. The largest absolute Gasteiger partial charge is 0.377 e. The van der Waals surface area contributed by atoms with Crippen LogP contribution in [0.4, 0.5) is 0 Å². The van der Waals surface area contributed by atoms with E-state index in [1.165, 1.54) is 10.6 Å². The monoisotopic (exact) mass is 319 g/mol. The Balaban J connectivity index is 1.76. The Bertz CT molecular complexity index is 650. The maximum Gasteiger partial charge on any atom is 0.100 e. The van der Waals surface area contributed by atoms with E-state index in [0.717, 1.165) is 31.0 Å². The average molecular weight is 319 g/mol. The first-order valence-electron chi connectivity index (χ1n) is 7.37. The van der Waals surface area contributed by atoms with Crippen LogP contribution in [0.25, 0.3) is 0 Å². The molecule has 22 heavy (non-hydrogen) atoms. The SMILES string of the molecule is C=CCOC[C@H]1CN(Cc2scnc2C)Cc2nnn(C)c21. The number of hydrogen-bond acceptors (Lipinski definition) is 6. The molecule has 0 unspecified atom stereocenters. The van der Waals surface area contributed by atoms with Gasteiger partial charge in [0.1, 0.15) is 5.69 Å². The van der Waals surface area contributed by atoms with E-state index < -0.39 is 0 Å². The van der Waals surface area contributed by atoms with Gasteiger partial charge in [-0.05, 0) is 6.92 Å². The fourth-order valence-electron chi connectivity index (χ4n) is 2.92. The normalized spacial score (nSPS) is 18.4. The van der Waals surface area contributed by atoms with Crippen molar-refractivity contribution in [3.8, 4) is 0 Å². The van der Waals surface area contributed by atoms with Crippen LogP contribution in [0.15, 0.2) is 18.2 Å². The zero-order chi connectivity index (χ0) is 15.5. The molecule has 3 rings (SSSR count). The van der Waals surface area contributed by atoms with E-state index in [4.69, 9.17) is 4.74 Å². The fourth-order valence-corrected chi connectivity index (χ4v) is 3.74. The smallest absolute Gasteiger partial charge is 0.100 e. The summed E-state index contributed by atoms with van der Waals surface area (Å²) in [5, 5.41) is 8.50. The van der Waals surface area contributed by atoms with E-state index in [2.05, 4.69) is 33.7 Å². The highest BCUT2D eigenvalue weighted by molar-refractivity contribution is 7.09. The van der Waals surface area contributed by atoms with Crippen molar-refractivity contribution in [2.75, 3.05) is 19.8 Å². The number of thiazole rings is 1. The molecular formula is C15H21N5OS. The molecule has 3 heterocycles. The molecule has 2 aromatic rings. The highest BCUT2D eigenvalue weighted by atomic mass is 32.1. The molecule has 7 heteroatoms. The Morgan fingerprint density at radius 3 is 3.14 bits per heavy atom. The molecule has 1 aliphatic rings. The van der Waals surface area contributed by atoms with Gasteiger partial charge < -0.3 is 4.74 Å². The van der Waals surface area contributed by atoms with Crippen molar-refractivity contribution < 1.29 is 4.74 Å². The fraction of sp³-hybridized carbons (Fsp3) is 0.533. The molecule has 0 N–H and O–H groups in total. The van der Waals surface area contributed by atoms with E-state index in [1.54, 1.807) is 17.4 Å². The summed E-state index contributed by atoms with van der Waals surface area (Å²) in [5.74, 6) is 0.289. The van der Waals surface area contributed by atoms with Crippen LogP contribution < -0.4 is 0 Å². The Kier molecular flexibility index (Phi) is 4.66. The zero-order valence-corrected chi connectivity index (χ0v) is 13.8. The van der Waals surface area contributed by atoms with Crippen LogP contribution in [0.3, 0.4) is 0 Å². The van der Waals surface area contributed by atoms with E-state index >= 15 is 0 Å². The van der Waals surface area contributed by atoms with Crippen molar-refractivity contribution in [2.45, 2.75) is 25.9 Å². The van der Waals surface area contributed by atoms with Gasteiger partial charge in [0.05, 0.1) is 30.1 Å². The molecule has 1 atom stereocenters. The van der Waals surface area contributed by atoms with Gasteiger partial charge in [0.25, 0.3) is 0 Å². The van der Waals surface area contributed by atoms with E-state index in [1.807, 2.05) is 17.2 Å². The number of aryl methyl sites for hydroxylation is 2. The summed E-state index contributed by atoms with van der Waals surface area (Å²) in [4.78, 5) is 8.05. The van der Waals surface area contributed by atoms with Crippen LogP contribution in [-0.4, -0.2) is 44.6 Å². The second-order valence-corrected chi connectivity index (χ2v) is 6.54. The first-order valence-corrected chi connectivity index (χ1v) is 8.25. The van der Waals surface area contributed by atoms with Crippen molar-refractivity contribution in [1.82, 2.24) is 24.9 Å². The lowest BCUT2D eigenvalue weighted by Gasteiger charge is -2.31. The number of hydrogen-bond donors (Lipinski definition) is 0. The second-order valence-electron chi connectivity index (χ2n) is 5.60. The van der Waals surface area contributed by atoms with Gasteiger partial charge in [-0.3, -0.25) is 9.58 Å². The van der Waals surface area contributed by atoms with E-state index in [0.29, 0.717) is 13.2 Å². The van der Waals surface area contributed by atoms with Crippen LogP contribution in [0.2, 0.25) is 0 Å². The van der Waals surface area contributed by atoms with Crippen LogP contribution in [0.1, 0.15) is 27.9 Å². The van der Waals surface area contributed by atoms with Crippen LogP contribution >= 0.6 is 11.3 Å². The first kappa shape index (κ1) is 15.3. The summed E-state index contributed by atoms with van der Waals surface area (Å²) in [6.07, 6.45) is 1.78. The van der Waals surface area contributed by atoms with Gasteiger partial charge in [-0.1, -0.05) is 11.3 Å². The summed E-state index contributed by atoms with van der Waals surface area (Å²) in [5.41, 5.74) is 5.28. The number of rotatable bonds is 6. The maximum atomic E-state index is 5.69. The molecule has 2 aromatic heterocycles. The van der Waals surface area contributed by atoms with Crippen LogP contribution in [0.5, 0.6) is 0 Å². The molecular weight excluding hydrogens is 298 g/mol. The lowest BCUT2D eigenvalue weighted by Crippen LogP contribution is -2.36. The van der Waals surface area contributed by atoms with E-state index in [-0.39, 0.29) is 5.92 Å². The Morgan fingerprint density at radius 1 is 1.55 bits per heavy atom. The second kappa shape index (κ2) is 6.68.